The highest BCUT2D eigenvalue weighted by Crippen LogP contribution is 2.64. The van der Waals surface area contributed by atoms with Crippen LogP contribution in [-0.4, -0.2) is 17.5 Å². The molecular weight excluding hydrogens is 260 g/mol. The molecule has 0 spiro atoms. The van der Waals surface area contributed by atoms with Gasteiger partial charge in [0, 0.05) is 5.41 Å². The molecule has 0 radical (unpaired) electrons. The van der Waals surface area contributed by atoms with E-state index in [1.807, 2.05) is 0 Å². The summed E-state index contributed by atoms with van der Waals surface area (Å²) in [5.74, 6) is 1.87. The quantitative estimate of drug-likeness (QED) is 0.587. The van der Waals surface area contributed by atoms with Crippen molar-refractivity contribution in [3.8, 4) is 0 Å². The van der Waals surface area contributed by atoms with E-state index in [-0.39, 0.29) is 16.9 Å². The van der Waals surface area contributed by atoms with Crippen LogP contribution >= 0.6 is 0 Å². The Labute approximate surface area is 128 Å². The highest BCUT2D eigenvalue weighted by Gasteiger charge is 2.59. The third-order valence-electron chi connectivity index (χ3n) is 7.79. The second kappa shape index (κ2) is 4.68. The second-order valence-electron chi connectivity index (χ2n) is 8.33. The minimum absolute atomic E-state index is 0.112. The SMILES string of the molecule is C[C@]12CC[C@@H]3[C@@H](CCC4=CCCC[C@@]43C=O)[C@@H]1CCC2O. The molecule has 116 valence electrons. The predicted octanol–water partition coefficient (Wildman–Crippen LogP) is 3.88. The first-order valence-corrected chi connectivity index (χ1v) is 8.96. The van der Waals surface area contributed by atoms with Gasteiger partial charge in [-0.25, -0.2) is 0 Å². The first kappa shape index (κ1) is 14.0. The van der Waals surface area contributed by atoms with Crippen LogP contribution in [0.4, 0.5) is 0 Å². The molecule has 0 aromatic rings. The Morgan fingerprint density at radius 1 is 1.19 bits per heavy atom. The molecule has 2 nitrogen and oxygen atoms in total. The van der Waals surface area contributed by atoms with Gasteiger partial charge >= 0.3 is 0 Å². The minimum Gasteiger partial charge on any atom is -0.393 e. The molecule has 4 aliphatic rings. The number of hydrogen-bond acceptors (Lipinski definition) is 2. The Hall–Kier alpha value is -0.630. The van der Waals surface area contributed by atoms with E-state index in [9.17, 15) is 9.90 Å². The van der Waals surface area contributed by atoms with E-state index in [1.54, 1.807) is 0 Å². The van der Waals surface area contributed by atoms with Gasteiger partial charge in [-0.05, 0) is 81.0 Å². The number of hydrogen-bond donors (Lipinski definition) is 1. The van der Waals surface area contributed by atoms with E-state index in [0.717, 1.165) is 32.1 Å². The van der Waals surface area contributed by atoms with Crippen LogP contribution in [0.3, 0.4) is 0 Å². The van der Waals surface area contributed by atoms with Gasteiger partial charge in [0.2, 0.25) is 0 Å². The maximum atomic E-state index is 12.1. The zero-order chi connectivity index (χ0) is 14.7. The van der Waals surface area contributed by atoms with Crippen LogP contribution in [-0.2, 0) is 4.79 Å². The average molecular weight is 288 g/mol. The van der Waals surface area contributed by atoms with E-state index in [0.29, 0.717) is 17.8 Å². The molecule has 0 aromatic heterocycles. The summed E-state index contributed by atoms with van der Waals surface area (Å²) < 4.78 is 0. The van der Waals surface area contributed by atoms with E-state index >= 15 is 0 Å². The highest BCUT2D eigenvalue weighted by molar-refractivity contribution is 5.67. The molecule has 1 unspecified atom stereocenters. The lowest BCUT2D eigenvalue weighted by molar-refractivity contribution is -0.127. The fraction of sp³-hybridized carbons (Fsp3) is 0.842. The molecule has 1 N–H and O–H groups in total. The fourth-order valence-corrected chi connectivity index (χ4v) is 6.63. The summed E-state index contributed by atoms with van der Waals surface area (Å²) in [5, 5.41) is 10.4. The summed E-state index contributed by atoms with van der Waals surface area (Å²) in [7, 11) is 0. The lowest BCUT2D eigenvalue weighted by Crippen LogP contribution is -2.52. The lowest BCUT2D eigenvalue weighted by atomic mass is 9.47. The Balaban J connectivity index is 1.72. The summed E-state index contributed by atoms with van der Waals surface area (Å²) >= 11 is 0. The van der Waals surface area contributed by atoms with Gasteiger partial charge in [0.05, 0.1) is 6.10 Å². The first-order chi connectivity index (χ1) is 10.1. The van der Waals surface area contributed by atoms with Gasteiger partial charge in [0.1, 0.15) is 6.29 Å². The van der Waals surface area contributed by atoms with E-state index in [1.165, 1.54) is 37.5 Å². The molecule has 0 amide bonds. The van der Waals surface area contributed by atoms with Gasteiger partial charge in [0.15, 0.2) is 0 Å². The summed E-state index contributed by atoms with van der Waals surface area (Å²) in [5.41, 5.74) is 1.46. The van der Waals surface area contributed by atoms with Crippen LogP contribution < -0.4 is 0 Å². The van der Waals surface area contributed by atoms with Crippen molar-refractivity contribution in [2.45, 2.75) is 70.8 Å². The number of fused-ring (bicyclic) bond motifs is 5. The monoisotopic (exact) mass is 288 g/mol. The van der Waals surface area contributed by atoms with Crippen LogP contribution in [0, 0.1) is 28.6 Å². The molecule has 2 heteroatoms. The fourth-order valence-electron chi connectivity index (χ4n) is 6.63. The average Bonchev–Trinajstić information content (AvgIpc) is 2.82. The van der Waals surface area contributed by atoms with Gasteiger partial charge in [-0.2, -0.15) is 0 Å². The van der Waals surface area contributed by atoms with Crippen LogP contribution in [0.5, 0.6) is 0 Å². The minimum atomic E-state index is -0.129. The van der Waals surface area contributed by atoms with Crippen molar-refractivity contribution in [1.29, 1.82) is 0 Å². The molecular formula is C19H28O2. The van der Waals surface area contributed by atoms with E-state index in [2.05, 4.69) is 13.0 Å². The summed E-state index contributed by atoms with van der Waals surface area (Å²) in [4.78, 5) is 12.1. The molecule has 3 fully saturated rings. The molecule has 4 aliphatic carbocycles. The van der Waals surface area contributed by atoms with Crippen LogP contribution in [0.25, 0.3) is 0 Å². The number of carbonyl (C=O) groups excluding carboxylic acids is 1. The third-order valence-corrected chi connectivity index (χ3v) is 7.79. The van der Waals surface area contributed by atoms with Crippen molar-refractivity contribution in [2.24, 2.45) is 28.6 Å². The van der Waals surface area contributed by atoms with E-state index in [4.69, 9.17) is 0 Å². The second-order valence-corrected chi connectivity index (χ2v) is 8.33. The highest BCUT2D eigenvalue weighted by atomic mass is 16.3. The van der Waals surface area contributed by atoms with Gasteiger partial charge < -0.3 is 9.90 Å². The summed E-state index contributed by atoms with van der Waals surface area (Å²) in [6.45, 7) is 2.31. The molecule has 0 bridgehead atoms. The molecule has 3 saturated carbocycles. The van der Waals surface area contributed by atoms with Gasteiger partial charge in [0.25, 0.3) is 0 Å². The van der Waals surface area contributed by atoms with Crippen molar-refractivity contribution in [3.05, 3.63) is 11.6 Å². The zero-order valence-electron chi connectivity index (χ0n) is 13.2. The molecule has 0 aliphatic heterocycles. The Bertz CT molecular complexity index is 482. The van der Waals surface area contributed by atoms with Gasteiger partial charge in [-0.15, -0.1) is 0 Å². The zero-order valence-corrected chi connectivity index (χ0v) is 13.2. The first-order valence-electron chi connectivity index (χ1n) is 8.96. The van der Waals surface area contributed by atoms with Gasteiger partial charge in [-0.3, -0.25) is 0 Å². The molecule has 0 saturated heterocycles. The van der Waals surface area contributed by atoms with Crippen molar-refractivity contribution in [2.75, 3.05) is 0 Å². The van der Waals surface area contributed by atoms with E-state index < -0.39 is 0 Å². The number of carbonyl (C=O) groups is 1. The van der Waals surface area contributed by atoms with Crippen molar-refractivity contribution >= 4 is 6.29 Å². The molecule has 6 atom stereocenters. The number of aliphatic hydroxyl groups excluding tert-OH is 1. The smallest absolute Gasteiger partial charge is 0.130 e. The standard InChI is InChI=1S/C19H28O2/c1-18-11-9-16-14(15(18)7-8-17(18)21)6-5-13-4-2-3-10-19(13,16)12-20/h4,12,14-17,21H,2-3,5-11H2,1H3/t14-,15-,16+,17?,18-,19+/m0/s1. The molecule has 21 heavy (non-hydrogen) atoms. The largest absolute Gasteiger partial charge is 0.393 e. The van der Waals surface area contributed by atoms with Crippen LogP contribution in [0.15, 0.2) is 11.6 Å². The molecule has 4 rings (SSSR count). The number of aldehydes is 1. The van der Waals surface area contributed by atoms with Crippen molar-refractivity contribution in [1.82, 2.24) is 0 Å². The van der Waals surface area contributed by atoms with Crippen LogP contribution in [0.1, 0.15) is 64.7 Å². The lowest BCUT2D eigenvalue weighted by Gasteiger charge is -2.57. The Morgan fingerprint density at radius 2 is 2.05 bits per heavy atom. The number of allylic oxidation sites excluding steroid dienone is 2. The number of rotatable bonds is 1. The summed E-state index contributed by atoms with van der Waals surface area (Å²) in [6.07, 6.45) is 13.8. The third kappa shape index (κ3) is 1.72. The molecule has 0 aromatic carbocycles. The Kier molecular flexibility index (Phi) is 3.12. The molecule has 0 heterocycles. The maximum absolute atomic E-state index is 12.1. The number of aliphatic hydroxyl groups is 1. The summed E-state index contributed by atoms with van der Waals surface area (Å²) in [6, 6.07) is 0. The normalized spacial score (nSPS) is 52.4. The van der Waals surface area contributed by atoms with Gasteiger partial charge in [-0.1, -0.05) is 18.6 Å². The topological polar surface area (TPSA) is 37.3 Å². The van der Waals surface area contributed by atoms with Crippen LogP contribution in [0.2, 0.25) is 0 Å². The van der Waals surface area contributed by atoms with Crippen molar-refractivity contribution < 1.29 is 9.90 Å². The Morgan fingerprint density at radius 3 is 2.86 bits per heavy atom. The van der Waals surface area contributed by atoms with Crippen molar-refractivity contribution in [3.63, 3.8) is 0 Å². The maximum Gasteiger partial charge on any atom is 0.130 e. The predicted molar refractivity (Wildman–Crippen MR) is 82.7 cm³/mol.